The Kier molecular flexibility index (Phi) is 6.38. The van der Waals surface area contributed by atoms with Crippen LogP contribution in [0.5, 0.6) is 5.75 Å². The van der Waals surface area contributed by atoms with Crippen LogP contribution in [0, 0.1) is 0 Å². The highest BCUT2D eigenvalue weighted by atomic mass is 32.2. The van der Waals surface area contributed by atoms with Crippen LogP contribution in [0.1, 0.15) is 39.0 Å². The predicted octanol–water partition coefficient (Wildman–Crippen LogP) is 3.80. The highest BCUT2D eigenvalue weighted by Crippen LogP contribution is 2.33. The lowest BCUT2D eigenvalue weighted by molar-refractivity contribution is -0.139. The number of thioether (sulfide) groups is 1. The van der Waals surface area contributed by atoms with E-state index in [2.05, 4.69) is 10.7 Å². The van der Waals surface area contributed by atoms with Crippen LogP contribution in [0.3, 0.4) is 0 Å². The molecule has 0 unspecified atom stereocenters. The molecule has 2 fully saturated rings. The summed E-state index contributed by atoms with van der Waals surface area (Å²) in [5.41, 5.74) is 4.22. The number of hydrogen-bond donors (Lipinski definition) is 2. The Morgan fingerprint density at radius 2 is 1.86 bits per heavy atom. The lowest BCUT2D eigenvalue weighted by Gasteiger charge is -2.30. The van der Waals surface area contributed by atoms with E-state index in [4.69, 9.17) is 9.72 Å². The highest BCUT2D eigenvalue weighted by Gasteiger charge is 2.52. The number of carbonyl (C=O) groups is 3. The predicted molar refractivity (Wildman–Crippen MR) is 132 cm³/mol. The molecule has 1 saturated heterocycles. The molecule has 0 bridgehead atoms. The molecule has 0 atom stereocenters. The molecule has 1 aliphatic heterocycles. The Morgan fingerprint density at radius 1 is 1.11 bits per heavy atom. The van der Waals surface area contributed by atoms with Gasteiger partial charge in [0.05, 0.1) is 23.4 Å². The van der Waals surface area contributed by atoms with Gasteiger partial charge in [-0.1, -0.05) is 43.2 Å². The lowest BCUT2D eigenvalue weighted by Crippen LogP contribution is -2.51. The molecule has 5 rings (SSSR count). The maximum absolute atomic E-state index is 12.9. The van der Waals surface area contributed by atoms with Crippen molar-refractivity contribution in [2.45, 2.75) is 49.7 Å². The fourth-order valence-corrected chi connectivity index (χ4v) is 5.53. The molecule has 2 aliphatic rings. The second-order valence-corrected chi connectivity index (χ2v) is 9.63. The van der Waals surface area contributed by atoms with E-state index < -0.39 is 17.5 Å². The number of nitrogens with one attached hydrogen (secondary N) is 2. The van der Waals surface area contributed by atoms with Crippen molar-refractivity contribution in [3.63, 3.8) is 0 Å². The first kappa shape index (κ1) is 23.2. The van der Waals surface area contributed by atoms with Crippen molar-refractivity contribution >= 4 is 40.6 Å². The van der Waals surface area contributed by atoms with Gasteiger partial charge in [-0.15, -0.1) is 0 Å². The van der Waals surface area contributed by atoms with Gasteiger partial charge >= 0.3 is 6.03 Å². The van der Waals surface area contributed by atoms with Crippen LogP contribution in [0.4, 0.5) is 4.79 Å². The third-order valence-electron chi connectivity index (χ3n) is 6.37. The number of rotatable bonds is 7. The summed E-state index contributed by atoms with van der Waals surface area (Å²) < 4.78 is 7.53. The number of benzene rings is 2. The summed E-state index contributed by atoms with van der Waals surface area (Å²) in [5.74, 6) is -0.0536. The van der Waals surface area contributed by atoms with Gasteiger partial charge in [0.1, 0.15) is 11.3 Å². The number of carbonyl (C=O) groups excluding carboxylic acids is 3. The standard InChI is InChI=1S/C25H27N5O4S/c1-2-34-18-12-10-17(11-13-18)29-20-9-5-4-8-19(20)26-24(29)35-16-21(31)28-30-22(32)25(27-23(30)33)14-6-3-7-15-25/h4-5,8-13H,2-3,6-7,14-16H2,1H3,(H,27,33)(H,28,31). The van der Waals surface area contributed by atoms with Gasteiger partial charge in [0.2, 0.25) is 5.91 Å². The maximum atomic E-state index is 12.9. The molecule has 4 amide bonds. The number of hydrogen-bond acceptors (Lipinski definition) is 6. The fraction of sp³-hybridized carbons (Fsp3) is 0.360. The Hall–Kier alpha value is -3.53. The zero-order valence-electron chi connectivity index (χ0n) is 19.5. The number of fused-ring (bicyclic) bond motifs is 1. The first-order valence-electron chi connectivity index (χ1n) is 11.8. The number of urea groups is 1. The minimum Gasteiger partial charge on any atom is -0.494 e. The molecular weight excluding hydrogens is 466 g/mol. The Balaban J connectivity index is 1.32. The minimum absolute atomic E-state index is 0.00951. The van der Waals surface area contributed by atoms with E-state index in [1.165, 1.54) is 11.8 Å². The van der Waals surface area contributed by atoms with Crippen LogP contribution in [-0.2, 0) is 9.59 Å². The number of nitrogens with zero attached hydrogens (tertiary/aromatic N) is 3. The van der Waals surface area contributed by atoms with Gasteiger partial charge in [-0.25, -0.2) is 9.78 Å². The maximum Gasteiger partial charge on any atom is 0.344 e. The zero-order valence-corrected chi connectivity index (χ0v) is 20.3. The van der Waals surface area contributed by atoms with Crippen LogP contribution in [0.15, 0.2) is 53.7 Å². The first-order chi connectivity index (χ1) is 17.0. The van der Waals surface area contributed by atoms with E-state index in [-0.39, 0.29) is 11.7 Å². The summed E-state index contributed by atoms with van der Waals surface area (Å²) >= 11 is 1.24. The Bertz CT molecular complexity index is 1270. The zero-order chi connectivity index (χ0) is 24.4. The van der Waals surface area contributed by atoms with Crippen LogP contribution >= 0.6 is 11.8 Å². The fourth-order valence-electron chi connectivity index (χ4n) is 4.71. The molecule has 1 aliphatic carbocycles. The second-order valence-electron chi connectivity index (χ2n) is 8.68. The normalized spacial score (nSPS) is 17.1. The van der Waals surface area contributed by atoms with Gasteiger partial charge in [-0.2, -0.15) is 5.01 Å². The number of imide groups is 1. The van der Waals surface area contributed by atoms with Crippen molar-refractivity contribution < 1.29 is 19.1 Å². The van der Waals surface area contributed by atoms with Crippen molar-refractivity contribution in [3.8, 4) is 11.4 Å². The van der Waals surface area contributed by atoms with Crippen molar-refractivity contribution in [2.24, 2.45) is 0 Å². The number of aromatic nitrogens is 2. The average molecular weight is 494 g/mol. The monoisotopic (exact) mass is 493 g/mol. The van der Waals surface area contributed by atoms with Gasteiger partial charge in [0, 0.05) is 5.69 Å². The Morgan fingerprint density at radius 3 is 2.60 bits per heavy atom. The molecule has 9 nitrogen and oxygen atoms in total. The first-order valence-corrected chi connectivity index (χ1v) is 12.8. The third kappa shape index (κ3) is 4.45. The van der Waals surface area contributed by atoms with Gasteiger partial charge in [-0.3, -0.25) is 19.6 Å². The summed E-state index contributed by atoms with van der Waals surface area (Å²) in [6.07, 6.45) is 4.01. The van der Waals surface area contributed by atoms with E-state index in [1.807, 2.05) is 60.0 Å². The molecule has 1 spiro atoms. The highest BCUT2D eigenvalue weighted by molar-refractivity contribution is 7.99. The molecular formula is C25H27N5O4S. The van der Waals surface area contributed by atoms with E-state index in [0.29, 0.717) is 24.6 Å². The van der Waals surface area contributed by atoms with Crippen molar-refractivity contribution in [3.05, 3.63) is 48.5 Å². The van der Waals surface area contributed by atoms with Gasteiger partial charge in [0.15, 0.2) is 5.16 Å². The molecule has 2 heterocycles. The molecule has 182 valence electrons. The number of ether oxygens (including phenoxy) is 1. The molecule has 10 heteroatoms. The van der Waals surface area contributed by atoms with Gasteiger partial charge in [-0.05, 0) is 56.2 Å². The van der Waals surface area contributed by atoms with Crippen molar-refractivity contribution in [1.82, 2.24) is 25.3 Å². The van der Waals surface area contributed by atoms with Crippen LogP contribution < -0.4 is 15.5 Å². The number of amides is 4. The largest absolute Gasteiger partial charge is 0.494 e. The number of hydrazine groups is 1. The smallest absolute Gasteiger partial charge is 0.344 e. The minimum atomic E-state index is -0.878. The summed E-state index contributed by atoms with van der Waals surface area (Å²) in [7, 11) is 0. The quantitative estimate of drug-likeness (QED) is 0.383. The average Bonchev–Trinajstić information content (AvgIpc) is 3.34. The number of imidazole rings is 1. The van der Waals surface area contributed by atoms with Gasteiger partial charge < -0.3 is 10.1 Å². The van der Waals surface area contributed by atoms with Crippen LogP contribution in [0.2, 0.25) is 0 Å². The topological polar surface area (TPSA) is 106 Å². The molecule has 1 aromatic heterocycles. The van der Waals surface area contributed by atoms with Crippen molar-refractivity contribution in [2.75, 3.05) is 12.4 Å². The molecule has 35 heavy (non-hydrogen) atoms. The third-order valence-corrected chi connectivity index (χ3v) is 7.31. The summed E-state index contributed by atoms with van der Waals surface area (Å²) in [6.45, 7) is 2.52. The van der Waals surface area contributed by atoms with E-state index in [0.717, 1.165) is 46.7 Å². The number of para-hydroxylation sites is 2. The molecule has 1 saturated carbocycles. The van der Waals surface area contributed by atoms with Crippen LogP contribution in [-0.4, -0.2) is 50.3 Å². The molecule has 2 aromatic carbocycles. The van der Waals surface area contributed by atoms with Gasteiger partial charge in [0.25, 0.3) is 5.91 Å². The van der Waals surface area contributed by atoms with Crippen LogP contribution in [0.25, 0.3) is 16.7 Å². The van der Waals surface area contributed by atoms with E-state index in [9.17, 15) is 14.4 Å². The summed E-state index contributed by atoms with van der Waals surface area (Å²) in [6, 6.07) is 14.9. The molecule has 3 aromatic rings. The van der Waals surface area contributed by atoms with E-state index in [1.54, 1.807) is 0 Å². The van der Waals surface area contributed by atoms with E-state index >= 15 is 0 Å². The molecule has 0 radical (unpaired) electrons. The Labute approximate surface area is 207 Å². The molecule has 2 N–H and O–H groups in total. The SMILES string of the molecule is CCOc1ccc(-n2c(SCC(=O)NN3C(=O)NC4(CCCCC4)C3=O)nc3ccccc32)cc1. The lowest BCUT2D eigenvalue weighted by atomic mass is 9.82. The second kappa shape index (κ2) is 9.61. The summed E-state index contributed by atoms with van der Waals surface area (Å²) in [4.78, 5) is 42.8. The summed E-state index contributed by atoms with van der Waals surface area (Å²) in [5, 5.41) is 4.27. The van der Waals surface area contributed by atoms with Crippen molar-refractivity contribution in [1.29, 1.82) is 0 Å².